The van der Waals surface area contributed by atoms with Gasteiger partial charge in [0.15, 0.2) is 0 Å². The Morgan fingerprint density at radius 1 is 1.42 bits per heavy atom. The second-order valence-corrected chi connectivity index (χ2v) is 4.97. The summed E-state index contributed by atoms with van der Waals surface area (Å²) in [6.07, 6.45) is 0. The van der Waals surface area contributed by atoms with Gasteiger partial charge in [-0.05, 0) is 19.9 Å². The van der Waals surface area contributed by atoms with E-state index in [2.05, 4.69) is 10.6 Å². The predicted octanol–water partition coefficient (Wildman–Crippen LogP) is 1.79. The van der Waals surface area contributed by atoms with Crippen molar-refractivity contribution in [2.75, 3.05) is 13.7 Å². The average molecular weight is 335 g/mol. The van der Waals surface area contributed by atoms with Gasteiger partial charge in [0.05, 0.1) is 30.3 Å². The Morgan fingerprint density at radius 2 is 2.12 bits per heavy atom. The molecular formula is C15H17N3O6. The fraction of sp³-hybridized carbons (Fsp3) is 0.333. The minimum Gasteiger partial charge on any atom is -0.493 e. The fourth-order valence-electron chi connectivity index (χ4n) is 2.47. The summed E-state index contributed by atoms with van der Waals surface area (Å²) in [7, 11) is 1.22. The molecular weight excluding hydrogens is 318 g/mol. The van der Waals surface area contributed by atoms with Crippen molar-refractivity contribution in [1.82, 2.24) is 10.6 Å². The molecule has 1 aromatic carbocycles. The van der Waals surface area contributed by atoms with Crippen molar-refractivity contribution in [1.29, 1.82) is 0 Å². The topological polar surface area (TPSA) is 120 Å². The van der Waals surface area contributed by atoms with Crippen LogP contribution in [-0.2, 0) is 9.53 Å². The lowest BCUT2D eigenvalue weighted by atomic mass is 9.94. The molecule has 0 unspecified atom stereocenters. The Balaban J connectivity index is 2.63. The van der Waals surface area contributed by atoms with Crippen LogP contribution in [0.2, 0.25) is 0 Å². The molecule has 0 aromatic heterocycles. The van der Waals surface area contributed by atoms with Gasteiger partial charge >= 0.3 is 12.0 Å². The molecule has 1 aliphatic rings. The highest BCUT2D eigenvalue weighted by Gasteiger charge is 2.34. The summed E-state index contributed by atoms with van der Waals surface area (Å²) in [5.74, 6) is -0.316. The third-order valence-corrected chi connectivity index (χ3v) is 3.49. The highest BCUT2D eigenvalue weighted by atomic mass is 16.6. The zero-order chi connectivity index (χ0) is 17.9. The van der Waals surface area contributed by atoms with Crippen molar-refractivity contribution in [3.63, 3.8) is 0 Å². The van der Waals surface area contributed by atoms with Crippen molar-refractivity contribution >= 4 is 17.7 Å². The summed E-state index contributed by atoms with van der Waals surface area (Å²) in [5.41, 5.74) is 0.590. The van der Waals surface area contributed by atoms with E-state index in [9.17, 15) is 19.7 Å². The summed E-state index contributed by atoms with van der Waals surface area (Å²) in [6.45, 7) is 3.63. The molecule has 0 bridgehead atoms. The van der Waals surface area contributed by atoms with Gasteiger partial charge in [0.2, 0.25) is 0 Å². The number of ether oxygens (including phenoxy) is 2. The van der Waals surface area contributed by atoms with E-state index in [1.54, 1.807) is 13.8 Å². The molecule has 24 heavy (non-hydrogen) atoms. The lowest BCUT2D eigenvalue weighted by molar-refractivity contribution is -0.385. The standard InChI is InChI=1S/C15H17N3O6/c1-4-24-11-6-5-9(18(21)22)7-10(11)13-12(14(19)23-3)8(2)16-15(20)17-13/h5-7,13H,4H2,1-3H3,(H2,16,17,20)/t13-/m0/s1. The fourth-order valence-corrected chi connectivity index (χ4v) is 2.47. The second-order valence-electron chi connectivity index (χ2n) is 4.97. The zero-order valence-electron chi connectivity index (χ0n) is 13.4. The number of nitro benzene ring substituents is 1. The van der Waals surface area contributed by atoms with Gasteiger partial charge in [-0.3, -0.25) is 10.1 Å². The summed E-state index contributed by atoms with van der Waals surface area (Å²) in [6, 6.07) is 2.56. The Labute approximate surface area is 137 Å². The third-order valence-electron chi connectivity index (χ3n) is 3.49. The maximum atomic E-state index is 12.1. The van der Waals surface area contributed by atoms with Crippen molar-refractivity contribution in [2.24, 2.45) is 0 Å². The molecule has 9 nitrogen and oxygen atoms in total. The van der Waals surface area contributed by atoms with Crippen LogP contribution in [0.1, 0.15) is 25.5 Å². The number of benzene rings is 1. The number of esters is 1. The van der Waals surface area contributed by atoms with E-state index >= 15 is 0 Å². The Hall–Kier alpha value is -3.10. The molecule has 0 fully saturated rings. The van der Waals surface area contributed by atoms with Gasteiger partial charge in [0, 0.05) is 23.4 Å². The number of nitrogens with zero attached hydrogens (tertiary/aromatic N) is 1. The van der Waals surface area contributed by atoms with Crippen LogP contribution >= 0.6 is 0 Å². The number of methoxy groups -OCH3 is 1. The number of hydrogen-bond donors (Lipinski definition) is 2. The van der Waals surface area contributed by atoms with Crippen LogP contribution in [0.15, 0.2) is 29.5 Å². The minimum absolute atomic E-state index is 0.151. The third kappa shape index (κ3) is 3.29. The van der Waals surface area contributed by atoms with E-state index in [1.165, 1.54) is 25.3 Å². The first kappa shape index (κ1) is 17.3. The summed E-state index contributed by atoms with van der Waals surface area (Å²) in [5, 5.41) is 16.1. The van der Waals surface area contributed by atoms with Gasteiger partial charge in [-0.25, -0.2) is 9.59 Å². The number of allylic oxidation sites excluding steroid dienone is 1. The molecule has 0 radical (unpaired) electrons. The first-order valence-electron chi connectivity index (χ1n) is 7.16. The molecule has 9 heteroatoms. The number of non-ortho nitro benzene ring substituents is 1. The highest BCUT2D eigenvalue weighted by molar-refractivity contribution is 5.95. The molecule has 2 rings (SSSR count). The highest BCUT2D eigenvalue weighted by Crippen LogP contribution is 2.35. The van der Waals surface area contributed by atoms with Crippen molar-refractivity contribution < 1.29 is 24.0 Å². The zero-order valence-corrected chi connectivity index (χ0v) is 13.4. The smallest absolute Gasteiger partial charge is 0.337 e. The molecule has 0 aliphatic carbocycles. The Morgan fingerprint density at radius 3 is 2.71 bits per heavy atom. The molecule has 1 atom stereocenters. The first-order valence-corrected chi connectivity index (χ1v) is 7.16. The number of urea groups is 1. The van der Waals surface area contributed by atoms with Crippen molar-refractivity contribution in [2.45, 2.75) is 19.9 Å². The van der Waals surface area contributed by atoms with Crippen LogP contribution in [0.4, 0.5) is 10.5 Å². The Bertz CT molecular complexity index is 728. The monoisotopic (exact) mass is 335 g/mol. The predicted molar refractivity (Wildman–Crippen MR) is 83.4 cm³/mol. The number of amides is 2. The van der Waals surface area contributed by atoms with E-state index in [0.717, 1.165) is 0 Å². The van der Waals surface area contributed by atoms with E-state index in [-0.39, 0.29) is 11.3 Å². The number of hydrogen-bond acceptors (Lipinski definition) is 6. The summed E-state index contributed by atoms with van der Waals surface area (Å²) < 4.78 is 10.2. The van der Waals surface area contributed by atoms with Crippen LogP contribution in [0.3, 0.4) is 0 Å². The SMILES string of the molecule is CCOc1ccc([N+](=O)[O-])cc1[C@@H]1NC(=O)NC(C)=C1C(=O)OC. The molecule has 1 heterocycles. The van der Waals surface area contributed by atoms with Gasteiger partial charge < -0.3 is 20.1 Å². The molecule has 2 amide bonds. The molecule has 1 aliphatic heterocycles. The normalized spacial score (nSPS) is 17.0. The minimum atomic E-state index is -0.923. The molecule has 2 N–H and O–H groups in total. The molecule has 128 valence electrons. The van der Waals surface area contributed by atoms with Crippen molar-refractivity contribution in [3.8, 4) is 5.75 Å². The second kappa shape index (κ2) is 6.99. The van der Waals surface area contributed by atoms with Crippen LogP contribution in [0.5, 0.6) is 5.75 Å². The van der Waals surface area contributed by atoms with E-state index in [1.807, 2.05) is 0 Å². The van der Waals surface area contributed by atoms with E-state index in [4.69, 9.17) is 9.47 Å². The average Bonchev–Trinajstić information content (AvgIpc) is 2.54. The quantitative estimate of drug-likeness (QED) is 0.481. The largest absolute Gasteiger partial charge is 0.493 e. The number of carbonyl (C=O) groups excluding carboxylic acids is 2. The lowest BCUT2D eigenvalue weighted by Crippen LogP contribution is -2.45. The number of rotatable bonds is 5. The number of nitro groups is 1. The molecule has 0 spiro atoms. The maximum absolute atomic E-state index is 12.1. The maximum Gasteiger partial charge on any atom is 0.337 e. The molecule has 0 saturated carbocycles. The van der Waals surface area contributed by atoms with Gasteiger partial charge in [0.25, 0.3) is 5.69 Å². The number of carbonyl (C=O) groups is 2. The molecule has 0 saturated heterocycles. The van der Waals surface area contributed by atoms with Gasteiger partial charge in [-0.2, -0.15) is 0 Å². The lowest BCUT2D eigenvalue weighted by Gasteiger charge is -2.28. The van der Waals surface area contributed by atoms with Crippen LogP contribution in [-0.4, -0.2) is 30.6 Å². The number of nitrogens with one attached hydrogen (secondary N) is 2. The van der Waals surface area contributed by atoms with Crippen LogP contribution in [0.25, 0.3) is 0 Å². The summed E-state index contributed by atoms with van der Waals surface area (Å²) in [4.78, 5) is 34.4. The summed E-state index contributed by atoms with van der Waals surface area (Å²) >= 11 is 0. The Kier molecular flexibility index (Phi) is 5.02. The van der Waals surface area contributed by atoms with Crippen molar-refractivity contribution in [3.05, 3.63) is 45.1 Å². The van der Waals surface area contributed by atoms with Gasteiger partial charge in [0.1, 0.15) is 5.75 Å². The van der Waals surface area contributed by atoms with Gasteiger partial charge in [-0.15, -0.1) is 0 Å². The van der Waals surface area contributed by atoms with E-state index in [0.29, 0.717) is 23.6 Å². The molecule has 1 aromatic rings. The van der Waals surface area contributed by atoms with E-state index < -0.39 is 23.0 Å². The van der Waals surface area contributed by atoms with Crippen LogP contribution in [0, 0.1) is 10.1 Å². The van der Waals surface area contributed by atoms with Gasteiger partial charge in [-0.1, -0.05) is 0 Å². The van der Waals surface area contributed by atoms with Crippen LogP contribution < -0.4 is 15.4 Å². The first-order chi connectivity index (χ1) is 11.4.